The summed E-state index contributed by atoms with van der Waals surface area (Å²) >= 11 is 1.55. The topological polar surface area (TPSA) is 130 Å². The van der Waals surface area contributed by atoms with Crippen molar-refractivity contribution in [2.75, 3.05) is 13.2 Å². The molecule has 4 aromatic rings. The number of aliphatic hydroxyl groups is 1. The lowest BCUT2D eigenvalue weighted by Gasteiger charge is -2.27. The first-order chi connectivity index (χ1) is 17.2. The van der Waals surface area contributed by atoms with Gasteiger partial charge in [-0.1, -0.05) is 54.6 Å². The highest BCUT2D eigenvalue weighted by molar-refractivity contribution is 7.46. The zero-order valence-corrected chi connectivity index (χ0v) is 21.3. The third kappa shape index (κ3) is 6.75. The molecule has 0 fully saturated rings. The van der Waals surface area contributed by atoms with Crippen LogP contribution in [0.2, 0.25) is 0 Å². The normalized spacial score (nSPS) is 14.0. The number of aliphatic hydroxyl groups excluding tert-OH is 1. The molecule has 0 saturated heterocycles. The lowest BCUT2D eigenvalue weighted by atomic mass is 9.93. The third-order valence-electron chi connectivity index (χ3n) is 6.01. The molecule has 9 heteroatoms. The van der Waals surface area contributed by atoms with Gasteiger partial charge >= 0.3 is 7.82 Å². The van der Waals surface area contributed by atoms with E-state index in [9.17, 15) is 14.5 Å². The molecular formula is C27H28NO6PS. The molecule has 0 bridgehead atoms. The van der Waals surface area contributed by atoms with Crippen LogP contribution in [-0.4, -0.2) is 33.6 Å². The molecule has 0 aliphatic heterocycles. The Hall–Kier alpha value is -2.68. The average molecular weight is 526 g/mol. The number of nitrogens with two attached hydrogens (primary N) is 1. The molecule has 1 unspecified atom stereocenters. The Morgan fingerprint density at radius 2 is 1.75 bits per heavy atom. The van der Waals surface area contributed by atoms with Gasteiger partial charge in [-0.05, 0) is 60.2 Å². The van der Waals surface area contributed by atoms with Crippen LogP contribution in [0.1, 0.15) is 23.1 Å². The van der Waals surface area contributed by atoms with Crippen LogP contribution >= 0.6 is 19.2 Å². The van der Waals surface area contributed by atoms with E-state index in [-0.39, 0.29) is 11.8 Å². The second-order valence-electron chi connectivity index (χ2n) is 8.89. The lowest BCUT2D eigenvalue weighted by Crippen LogP contribution is -2.48. The maximum absolute atomic E-state index is 13.2. The third-order valence-corrected chi connectivity index (χ3v) is 7.61. The van der Waals surface area contributed by atoms with Crippen LogP contribution in [0.5, 0.6) is 0 Å². The Kier molecular flexibility index (Phi) is 8.17. The smallest absolute Gasteiger partial charge is 0.394 e. The average Bonchev–Trinajstić information content (AvgIpc) is 2.87. The van der Waals surface area contributed by atoms with Crippen molar-refractivity contribution in [3.8, 4) is 0 Å². The molecule has 4 rings (SSSR count). The second-order valence-corrected chi connectivity index (χ2v) is 11.2. The minimum atomic E-state index is -4.69. The molecular weight excluding hydrogens is 497 g/mol. The summed E-state index contributed by atoms with van der Waals surface area (Å²) in [6.07, 6.45) is 5.64. The standard InChI is InChI=1S/C27H28NO6PS/c28-27(17-29,18-34-35(31,32)33)14-13-21-10-12-24-23(15-21)26(30)22-11-9-20(16-25(22)36-24)8-4-7-19-5-2-1-3-6-19/h1-6,8-12,15-16,29H,7,13-14,17-18,28H2,(H2,31,32,33)/b8-4+. The SMILES string of the molecule is NC(CO)(CCc1ccc2sc3cc(/C=C/Cc4ccccc4)ccc3c(=O)c2c1)COP(=O)(O)O. The van der Waals surface area contributed by atoms with E-state index >= 15 is 0 Å². The van der Waals surface area contributed by atoms with Gasteiger partial charge in [-0.3, -0.25) is 9.32 Å². The van der Waals surface area contributed by atoms with E-state index in [4.69, 9.17) is 15.5 Å². The van der Waals surface area contributed by atoms with E-state index < -0.39 is 26.6 Å². The Bertz CT molecular complexity index is 1500. The lowest BCUT2D eigenvalue weighted by molar-refractivity contribution is 0.102. The van der Waals surface area contributed by atoms with Crippen molar-refractivity contribution in [1.29, 1.82) is 0 Å². The number of phosphoric ester groups is 1. The first-order valence-corrected chi connectivity index (χ1v) is 13.8. The molecule has 36 heavy (non-hydrogen) atoms. The number of aryl methyl sites for hydroxylation is 1. The summed E-state index contributed by atoms with van der Waals surface area (Å²) in [7, 11) is -4.69. The zero-order chi connectivity index (χ0) is 25.8. The number of phosphoric acid groups is 1. The summed E-state index contributed by atoms with van der Waals surface area (Å²) < 4.78 is 17.3. The summed E-state index contributed by atoms with van der Waals surface area (Å²) in [5.41, 5.74) is 7.81. The fourth-order valence-corrected chi connectivity index (χ4v) is 5.45. The highest BCUT2D eigenvalue weighted by Gasteiger charge is 2.28. The van der Waals surface area contributed by atoms with Gasteiger partial charge in [0.25, 0.3) is 0 Å². The van der Waals surface area contributed by atoms with E-state index in [1.165, 1.54) is 5.56 Å². The van der Waals surface area contributed by atoms with E-state index in [1.807, 2.05) is 54.6 Å². The molecule has 188 valence electrons. The van der Waals surface area contributed by atoms with Crippen LogP contribution in [0.3, 0.4) is 0 Å². The maximum atomic E-state index is 13.2. The van der Waals surface area contributed by atoms with Gasteiger partial charge in [0.2, 0.25) is 0 Å². The second kappa shape index (κ2) is 11.2. The molecule has 7 nitrogen and oxygen atoms in total. The molecule has 3 aromatic carbocycles. The Morgan fingerprint density at radius 1 is 0.972 bits per heavy atom. The molecule has 0 aliphatic rings. The summed E-state index contributed by atoms with van der Waals surface area (Å²) in [5, 5.41) is 10.9. The van der Waals surface area contributed by atoms with Crippen LogP contribution in [0, 0.1) is 0 Å². The van der Waals surface area contributed by atoms with Gasteiger partial charge in [-0.2, -0.15) is 0 Å². The van der Waals surface area contributed by atoms with Gasteiger partial charge in [0.1, 0.15) is 0 Å². The highest BCUT2D eigenvalue weighted by Crippen LogP contribution is 2.37. The van der Waals surface area contributed by atoms with E-state index in [2.05, 4.69) is 28.8 Å². The van der Waals surface area contributed by atoms with Gasteiger partial charge < -0.3 is 20.6 Å². The van der Waals surface area contributed by atoms with Crippen molar-refractivity contribution >= 4 is 45.4 Å². The first-order valence-electron chi connectivity index (χ1n) is 11.5. The molecule has 0 aliphatic carbocycles. The number of allylic oxidation sites excluding steroid dienone is 1. The molecule has 0 amide bonds. The summed E-state index contributed by atoms with van der Waals surface area (Å²) in [5.74, 6) is 0. The van der Waals surface area contributed by atoms with Crippen LogP contribution < -0.4 is 11.2 Å². The number of hydrogen-bond donors (Lipinski definition) is 4. The number of fused-ring (bicyclic) bond motifs is 2. The Labute approximate surface area is 212 Å². The molecule has 0 saturated carbocycles. The molecule has 1 atom stereocenters. The van der Waals surface area contributed by atoms with Gasteiger partial charge in [0.05, 0.1) is 18.8 Å². The zero-order valence-electron chi connectivity index (χ0n) is 19.5. The van der Waals surface area contributed by atoms with Crippen molar-refractivity contribution in [2.45, 2.75) is 24.8 Å². The van der Waals surface area contributed by atoms with Crippen molar-refractivity contribution in [2.24, 2.45) is 5.73 Å². The summed E-state index contributed by atoms with van der Waals surface area (Å²) in [6.45, 7) is -0.981. The largest absolute Gasteiger partial charge is 0.469 e. The maximum Gasteiger partial charge on any atom is 0.469 e. The molecule has 5 N–H and O–H groups in total. The molecule has 0 radical (unpaired) electrons. The van der Waals surface area contributed by atoms with Gasteiger partial charge in [-0.25, -0.2) is 4.57 Å². The van der Waals surface area contributed by atoms with Crippen molar-refractivity contribution in [3.05, 3.63) is 99.7 Å². The predicted octanol–water partition coefficient (Wildman–Crippen LogP) is 4.40. The van der Waals surface area contributed by atoms with Crippen LogP contribution in [0.25, 0.3) is 26.2 Å². The molecule has 1 heterocycles. The van der Waals surface area contributed by atoms with Crippen molar-refractivity contribution in [3.63, 3.8) is 0 Å². The number of rotatable bonds is 10. The summed E-state index contributed by atoms with van der Waals surface area (Å²) in [6, 6.07) is 21.7. The molecule has 1 aromatic heterocycles. The minimum Gasteiger partial charge on any atom is -0.394 e. The van der Waals surface area contributed by atoms with Crippen molar-refractivity contribution in [1.82, 2.24) is 0 Å². The van der Waals surface area contributed by atoms with Crippen LogP contribution in [-0.2, 0) is 21.9 Å². The Morgan fingerprint density at radius 3 is 2.47 bits per heavy atom. The van der Waals surface area contributed by atoms with Gasteiger partial charge in [0.15, 0.2) is 5.43 Å². The van der Waals surface area contributed by atoms with Crippen molar-refractivity contribution < 1.29 is 24.0 Å². The summed E-state index contributed by atoms with van der Waals surface area (Å²) in [4.78, 5) is 31.1. The number of benzene rings is 3. The van der Waals surface area contributed by atoms with Gasteiger partial charge in [-0.15, -0.1) is 11.3 Å². The number of hydrogen-bond acceptors (Lipinski definition) is 6. The molecule has 0 spiro atoms. The van der Waals surface area contributed by atoms with Crippen LogP contribution in [0.4, 0.5) is 0 Å². The highest BCUT2D eigenvalue weighted by atomic mass is 32.1. The van der Waals surface area contributed by atoms with E-state index in [0.29, 0.717) is 17.2 Å². The van der Waals surface area contributed by atoms with Crippen LogP contribution in [0.15, 0.2) is 77.6 Å². The van der Waals surface area contributed by atoms with E-state index in [0.717, 1.165) is 26.9 Å². The van der Waals surface area contributed by atoms with Gasteiger partial charge in [0, 0.05) is 20.2 Å². The first kappa shape index (κ1) is 26.4. The monoisotopic (exact) mass is 525 g/mol. The quantitative estimate of drug-likeness (QED) is 0.178. The fraction of sp³-hybridized carbons (Fsp3) is 0.222. The minimum absolute atomic E-state index is 0.0496. The fourth-order valence-electron chi connectivity index (χ4n) is 3.93. The predicted molar refractivity (Wildman–Crippen MR) is 145 cm³/mol. The van der Waals surface area contributed by atoms with E-state index in [1.54, 1.807) is 11.3 Å². The Balaban J connectivity index is 1.53.